The van der Waals surface area contributed by atoms with Crippen molar-refractivity contribution < 1.29 is 29.3 Å². The summed E-state index contributed by atoms with van der Waals surface area (Å²) in [4.78, 5) is 27.7. The van der Waals surface area contributed by atoms with Gasteiger partial charge in [0.25, 0.3) is 5.91 Å². The number of amides is 1. The number of hydrogen-bond donors (Lipinski definition) is 3. The number of quaternary nitrogens is 2. The Morgan fingerprint density at radius 2 is 2.14 bits per heavy atom. The number of thiophene rings is 1. The molecule has 2 aliphatic rings. The molecule has 0 spiro atoms. The summed E-state index contributed by atoms with van der Waals surface area (Å²) >= 11 is 1.55. The van der Waals surface area contributed by atoms with Gasteiger partial charge in [0.05, 0.1) is 25.4 Å². The van der Waals surface area contributed by atoms with Crippen molar-refractivity contribution in [2.75, 3.05) is 57.9 Å². The van der Waals surface area contributed by atoms with Gasteiger partial charge in [-0.3, -0.25) is 4.79 Å². The molecule has 0 aromatic carbocycles. The maximum Gasteiger partial charge on any atom is 0.341 e. The minimum absolute atomic E-state index is 0.0610. The van der Waals surface area contributed by atoms with E-state index < -0.39 is 0 Å². The van der Waals surface area contributed by atoms with Crippen molar-refractivity contribution in [1.82, 2.24) is 0 Å². The standard InChI is InChI=1S/C20H31N3O4S/c1-3-27-20(25)18-15-5-4-14(2)12-16(15)28-19(18)22-17(24)13-21-6-7-23-8-10-26-11-9-23/h14,21H,3-13H2,1-2H3,(H,22,24)/p+2. The van der Waals surface area contributed by atoms with Crippen molar-refractivity contribution in [3.8, 4) is 0 Å². The van der Waals surface area contributed by atoms with Gasteiger partial charge in [0.1, 0.15) is 31.2 Å². The lowest BCUT2D eigenvalue weighted by Crippen LogP contribution is -3.16. The van der Waals surface area contributed by atoms with E-state index in [4.69, 9.17) is 9.47 Å². The number of carbonyl (C=O) groups is 2. The molecular formula is C20H33N3O4S+2. The van der Waals surface area contributed by atoms with Crippen LogP contribution in [0.5, 0.6) is 0 Å². The molecule has 2 heterocycles. The van der Waals surface area contributed by atoms with Crippen molar-refractivity contribution in [2.24, 2.45) is 5.92 Å². The van der Waals surface area contributed by atoms with E-state index >= 15 is 0 Å². The Morgan fingerprint density at radius 1 is 1.36 bits per heavy atom. The van der Waals surface area contributed by atoms with Crippen molar-refractivity contribution in [1.29, 1.82) is 0 Å². The summed E-state index contributed by atoms with van der Waals surface area (Å²) in [6.45, 7) is 10.4. The lowest BCUT2D eigenvalue weighted by Gasteiger charge is -2.22. The third-order valence-electron chi connectivity index (χ3n) is 5.48. The summed E-state index contributed by atoms with van der Waals surface area (Å²) in [6.07, 6.45) is 2.92. The van der Waals surface area contributed by atoms with E-state index in [9.17, 15) is 9.59 Å². The van der Waals surface area contributed by atoms with Gasteiger partial charge in [-0.2, -0.15) is 0 Å². The number of anilines is 1. The van der Waals surface area contributed by atoms with E-state index in [-0.39, 0.29) is 11.9 Å². The molecule has 1 atom stereocenters. The van der Waals surface area contributed by atoms with Crippen molar-refractivity contribution >= 4 is 28.2 Å². The van der Waals surface area contributed by atoms with Gasteiger partial charge in [-0.15, -0.1) is 11.3 Å². The lowest BCUT2D eigenvalue weighted by molar-refractivity contribution is -0.919. The average Bonchev–Trinajstić information content (AvgIpc) is 3.03. The molecule has 28 heavy (non-hydrogen) atoms. The zero-order valence-corrected chi connectivity index (χ0v) is 17.8. The monoisotopic (exact) mass is 411 g/mol. The molecule has 8 heteroatoms. The van der Waals surface area contributed by atoms with E-state index in [2.05, 4.69) is 12.2 Å². The zero-order valence-electron chi connectivity index (χ0n) is 17.0. The second-order valence-electron chi connectivity index (χ2n) is 7.72. The van der Waals surface area contributed by atoms with E-state index in [0.717, 1.165) is 64.2 Å². The molecule has 1 aliphatic heterocycles. The van der Waals surface area contributed by atoms with Gasteiger partial charge in [0, 0.05) is 4.88 Å². The molecule has 3 rings (SSSR count). The quantitative estimate of drug-likeness (QED) is 0.396. The highest BCUT2D eigenvalue weighted by atomic mass is 32.1. The Kier molecular flexibility index (Phi) is 7.84. The average molecular weight is 412 g/mol. The van der Waals surface area contributed by atoms with Gasteiger partial charge in [0.15, 0.2) is 6.54 Å². The van der Waals surface area contributed by atoms with Crippen LogP contribution < -0.4 is 15.5 Å². The van der Waals surface area contributed by atoms with Crippen LogP contribution in [0.1, 0.15) is 41.1 Å². The van der Waals surface area contributed by atoms with Crippen LogP contribution in [0.15, 0.2) is 0 Å². The van der Waals surface area contributed by atoms with Crippen LogP contribution in [-0.2, 0) is 27.1 Å². The highest BCUT2D eigenvalue weighted by Gasteiger charge is 2.29. The first-order valence-corrected chi connectivity index (χ1v) is 11.2. The van der Waals surface area contributed by atoms with Crippen LogP contribution in [0.3, 0.4) is 0 Å². The van der Waals surface area contributed by atoms with Gasteiger partial charge in [0.2, 0.25) is 0 Å². The van der Waals surface area contributed by atoms with Crippen molar-refractivity contribution in [3.63, 3.8) is 0 Å². The third-order valence-corrected chi connectivity index (χ3v) is 6.65. The van der Waals surface area contributed by atoms with Gasteiger partial charge in [-0.05, 0) is 37.7 Å². The fraction of sp³-hybridized carbons (Fsp3) is 0.700. The zero-order chi connectivity index (χ0) is 19.9. The lowest BCUT2D eigenvalue weighted by atomic mass is 9.88. The molecular weight excluding hydrogens is 378 g/mol. The summed E-state index contributed by atoms with van der Waals surface area (Å²) in [5.41, 5.74) is 1.66. The van der Waals surface area contributed by atoms with E-state index in [1.165, 1.54) is 9.78 Å². The number of rotatable bonds is 8. The van der Waals surface area contributed by atoms with Crippen LogP contribution in [0.4, 0.5) is 5.00 Å². The van der Waals surface area contributed by atoms with Crippen molar-refractivity contribution in [2.45, 2.75) is 33.1 Å². The van der Waals surface area contributed by atoms with Gasteiger partial charge in [-0.1, -0.05) is 6.92 Å². The smallest absolute Gasteiger partial charge is 0.341 e. The number of hydrogen-bond acceptors (Lipinski definition) is 5. The minimum Gasteiger partial charge on any atom is -0.462 e. The fourth-order valence-corrected chi connectivity index (χ4v) is 5.30. The molecule has 1 aromatic heterocycles. The molecule has 1 aromatic rings. The second-order valence-corrected chi connectivity index (χ2v) is 8.82. The van der Waals surface area contributed by atoms with Crippen LogP contribution >= 0.6 is 11.3 Å². The molecule has 7 nitrogen and oxygen atoms in total. The van der Waals surface area contributed by atoms with Crippen LogP contribution in [0.2, 0.25) is 0 Å². The minimum atomic E-state index is -0.315. The highest BCUT2D eigenvalue weighted by molar-refractivity contribution is 7.17. The number of nitrogens with one attached hydrogen (secondary N) is 2. The van der Waals surface area contributed by atoms with E-state index in [0.29, 0.717) is 29.6 Å². The Balaban J connectivity index is 1.56. The first-order valence-electron chi connectivity index (χ1n) is 10.4. The number of fused-ring (bicyclic) bond motifs is 1. The van der Waals surface area contributed by atoms with Gasteiger partial charge >= 0.3 is 5.97 Å². The molecule has 1 saturated heterocycles. The van der Waals surface area contributed by atoms with Gasteiger partial charge < -0.3 is 25.0 Å². The molecule has 0 saturated carbocycles. The maximum atomic E-state index is 12.5. The maximum absolute atomic E-state index is 12.5. The first-order chi connectivity index (χ1) is 13.6. The number of esters is 1. The summed E-state index contributed by atoms with van der Waals surface area (Å²) in [7, 11) is 0. The molecule has 156 valence electrons. The summed E-state index contributed by atoms with van der Waals surface area (Å²) in [5.74, 6) is 0.236. The number of ether oxygens (including phenoxy) is 2. The summed E-state index contributed by atoms with van der Waals surface area (Å²) < 4.78 is 10.6. The fourth-order valence-electron chi connectivity index (χ4n) is 3.89. The predicted octanol–water partition coefficient (Wildman–Crippen LogP) is -0.533. The molecule has 1 fully saturated rings. The van der Waals surface area contributed by atoms with Crippen molar-refractivity contribution in [3.05, 3.63) is 16.0 Å². The Morgan fingerprint density at radius 3 is 2.89 bits per heavy atom. The summed E-state index contributed by atoms with van der Waals surface area (Å²) in [5, 5.41) is 5.68. The SMILES string of the molecule is CCOC(=O)c1c(NC(=O)C[NH2+]CC[NH+]2CCOCC2)sc2c1CCC(C)C2. The molecule has 0 radical (unpaired) electrons. The van der Waals surface area contributed by atoms with E-state index in [1.807, 2.05) is 12.2 Å². The Hall–Kier alpha value is -1.48. The highest BCUT2D eigenvalue weighted by Crippen LogP contribution is 2.40. The molecule has 4 N–H and O–H groups in total. The molecule has 1 unspecified atom stereocenters. The topological polar surface area (TPSA) is 85.7 Å². The predicted molar refractivity (Wildman–Crippen MR) is 108 cm³/mol. The van der Waals surface area contributed by atoms with E-state index in [1.54, 1.807) is 11.3 Å². The number of nitrogens with two attached hydrogens (primary N) is 1. The number of morpholine rings is 1. The second kappa shape index (κ2) is 10.3. The molecule has 0 bridgehead atoms. The summed E-state index contributed by atoms with van der Waals surface area (Å²) in [6, 6.07) is 0. The normalized spacial score (nSPS) is 19.9. The van der Waals surface area contributed by atoms with Crippen LogP contribution in [-0.4, -0.2) is 64.4 Å². The largest absolute Gasteiger partial charge is 0.462 e. The first kappa shape index (κ1) is 21.2. The number of carbonyl (C=O) groups excluding carboxylic acids is 2. The Bertz CT molecular complexity index is 685. The third kappa shape index (κ3) is 5.53. The van der Waals surface area contributed by atoms with Crippen LogP contribution in [0, 0.1) is 5.92 Å². The molecule has 1 aliphatic carbocycles. The van der Waals surface area contributed by atoms with Gasteiger partial charge in [-0.25, -0.2) is 4.79 Å². The molecule has 1 amide bonds. The Labute approximate surface area is 170 Å². The van der Waals surface area contributed by atoms with Crippen LogP contribution in [0.25, 0.3) is 0 Å².